The van der Waals surface area contributed by atoms with E-state index < -0.39 is 5.97 Å². The van der Waals surface area contributed by atoms with Crippen LogP contribution in [0, 0.1) is 11.3 Å². The zero-order valence-electron chi connectivity index (χ0n) is 9.88. The topological polar surface area (TPSA) is 63.9 Å². The van der Waals surface area contributed by atoms with E-state index in [9.17, 15) is 9.90 Å². The number of nitrogens with zero attached hydrogens (tertiary/aromatic N) is 1. The van der Waals surface area contributed by atoms with Gasteiger partial charge in [0.1, 0.15) is 0 Å². The van der Waals surface area contributed by atoms with Gasteiger partial charge in [-0.1, -0.05) is 36.4 Å². The molecule has 2 rings (SSSR count). The van der Waals surface area contributed by atoms with Crippen molar-refractivity contribution in [3.05, 3.63) is 59.7 Å². The van der Waals surface area contributed by atoms with Gasteiger partial charge in [-0.05, 0) is 28.8 Å². The summed E-state index contributed by atoms with van der Waals surface area (Å²) < 4.78 is 0. The summed E-state index contributed by atoms with van der Waals surface area (Å²) >= 11 is 0. The van der Waals surface area contributed by atoms with E-state index in [0.29, 0.717) is 5.56 Å². The Morgan fingerprint density at radius 3 is 1.78 bits per heavy atom. The Morgan fingerprint density at radius 1 is 0.944 bits per heavy atom. The van der Waals surface area contributed by atoms with Crippen LogP contribution in [0.5, 0.6) is 0 Å². The molecule has 0 amide bonds. The molecule has 0 saturated heterocycles. The molecule has 0 aliphatic carbocycles. The number of carboxylic acids is 1. The third-order valence-electron chi connectivity index (χ3n) is 2.47. The Morgan fingerprint density at radius 2 is 1.39 bits per heavy atom. The summed E-state index contributed by atoms with van der Waals surface area (Å²) in [6, 6.07) is 15.6. The first-order valence-corrected chi connectivity index (χ1v) is 5.02. The molecule has 0 heterocycles. The molecule has 0 aliphatic rings. The van der Waals surface area contributed by atoms with Crippen molar-refractivity contribution in [2.75, 3.05) is 0 Å². The third-order valence-corrected chi connectivity index (χ3v) is 2.47. The van der Waals surface area contributed by atoms with Crippen LogP contribution in [0.1, 0.15) is 15.9 Å². The minimum atomic E-state index is -1.18. The first-order chi connectivity index (χ1) is 8.20. The Balaban J connectivity index is 0.00000162. The number of hydrogen-bond acceptors (Lipinski definition) is 3. The van der Waals surface area contributed by atoms with E-state index in [2.05, 4.69) is 0 Å². The van der Waals surface area contributed by atoms with Crippen LogP contribution in [0.15, 0.2) is 48.5 Å². The molecule has 0 saturated carbocycles. The van der Waals surface area contributed by atoms with Gasteiger partial charge in [0.15, 0.2) is 0 Å². The van der Waals surface area contributed by atoms with Crippen molar-refractivity contribution in [3.63, 3.8) is 0 Å². The van der Waals surface area contributed by atoms with Crippen molar-refractivity contribution < 1.29 is 39.5 Å². The molecular weight excluding hydrogens is 237 g/mol. The molecule has 3 nitrogen and oxygen atoms in total. The quantitative estimate of drug-likeness (QED) is 0.611. The van der Waals surface area contributed by atoms with Crippen LogP contribution in [0.3, 0.4) is 0 Å². The Labute approximate surface area is 127 Å². The van der Waals surface area contributed by atoms with Crippen LogP contribution in [-0.4, -0.2) is 5.97 Å². The molecule has 0 unspecified atom stereocenters. The van der Waals surface area contributed by atoms with Gasteiger partial charge in [0.25, 0.3) is 0 Å². The van der Waals surface area contributed by atoms with E-state index in [1.807, 2.05) is 18.2 Å². The monoisotopic (exact) mass is 245 g/mol. The standard InChI is InChI=1S/C14H9NO2.Na/c15-9-10-1-3-11(4-2-10)12-5-7-13(8-6-12)14(16)17;/h1-8H,(H,16,17);/q;+1/p-1. The summed E-state index contributed by atoms with van der Waals surface area (Å²) in [5.74, 6) is -1.18. The zero-order valence-corrected chi connectivity index (χ0v) is 11.9. The third kappa shape index (κ3) is 3.21. The molecular formula is C14H8NNaO2. The van der Waals surface area contributed by atoms with Gasteiger partial charge in [-0.3, -0.25) is 0 Å². The van der Waals surface area contributed by atoms with Crippen LogP contribution in [-0.2, 0) is 0 Å². The number of aromatic carboxylic acids is 1. The summed E-state index contributed by atoms with van der Waals surface area (Å²) in [5, 5.41) is 19.3. The Bertz CT molecular complexity index is 583. The van der Waals surface area contributed by atoms with Crippen molar-refractivity contribution in [1.29, 1.82) is 5.26 Å². The van der Waals surface area contributed by atoms with E-state index in [0.717, 1.165) is 11.1 Å². The predicted molar refractivity (Wildman–Crippen MR) is 60.9 cm³/mol. The number of benzene rings is 2. The van der Waals surface area contributed by atoms with Crippen molar-refractivity contribution in [3.8, 4) is 17.2 Å². The van der Waals surface area contributed by atoms with E-state index in [-0.39, 0.29) is 35.1 Å². The van der Waals surface area contributed by atoms with Crippen LogP contribution >= 0.6 is 0 Å². The SMILES string of the molecule is N#Cc1ccc(-c2ccc(C(=O)[O-])cc2)cc1.[Na+]. The first kappa shape index (κ1) is 14.5. The second-order valence-electron chi connectivity index (χ2n) is 3.55. The van der Waals surface area contributed by atoms with Gasteiger partial charge in [-0.25, -0.2) is 0 Å². The van der Waals surface area contributed by atoms with Crippen LogP contribution in [0.25, 0.3) is 11.1 Å². The number of carbonyl (C=O) groups is 1. The van der Waals surface area contributed by atoms with E-state index in [1.54, 1.807) is 24.3 Å². The van der Waals surface area contributed by atoms with Gasteiger partial charge in [-0.2, -0.15) is 5.26 Å². The number of hydrogen-bond donors (Lipinski definition) is 0. The zero-order chi connectivity index (χ0) is 12.3. The van der Waals surface area contributed by atoms with E-state index in [4.69, 9.17) is 5.26 Å². The summed E-state index contributed by atoms with van der Waals surface area (Å²) in [6.45, 7) is 0. The Hall–Kier alpha value is -1.60. The average molecular weight is 245 g/mol. The van der Waals surface area contributed by atoms with Gasteiger partial charge < -0.3 is 9.90 Å². The molecule has 0 N–H and O–H groups in total. The van der Waals surface area contributed by atoms with Crippen LogP contribution in [0.4, 0.5) is 0 Å². The molecule has 18 heavy (non-hydrogen) atoms. The molecule has 2 aromatic carbocycles. The number of nitriles is 1. The normalized spacial score (nSPS) is 9.06. The second kappa shape index (κ2) is 6.36. The molecule has 82 valence electrons. The molecule has 0 radical (unpaired) electrons. The fourth-order valence-corrected chi connectivity index (χ4v) is 1.54. The maximum absolute atomic E-state index is 10.6. The molecule has 0 aliphatic heterocycles. The van der Waals surface area contributed by atoms with Crippen LogP contribution in [0.2, 0.25) is 0 Å². The smallest absolute Gasteiger partial charge is 0.545 e. The molecule has 0 atom stereocenters. The number of carboxylic acid groups (broad SMARTS) is 1. The Kier molecular flexibility index (Phi) is 5.11. The van der Waals surface area contributed by atoms with Crippen molar-refractivity contribution in [2.24, 2.45) is 0 Å². The summed E-state index contributed by atoms with van der Waals surface area (Å²) in [6.07, 6.45) is 0. The minimum Gasteiger partial charge on any atom is -0.545 e. The maximum atomic E-state index is 10.6. The molecule has 4 heteroatoms. The molecule has 0 bridgehead atoms. The molecule has 2 aromatic rings. The largest absolute Gasteiger partial charge is 1.00 e. The fraction of sp³-hybridized carbons (Fsp3) is 0. The van der Waals surface area contributed by atoms with E-state index in [1.165, 1.54) is 12.1 Å². The van der Waals surface area contributed by atoms with Gasteiger partial charge in [0, 0.05) is 0 Å². The first-order valence-electron chi connectivity index (χ1n) is 5.02. The van der Waals surface area contributed by atoms with Gasteiger partial charge in [0.05, 0.1) is 17.6 Å². The molecule has 0 fully saturated rings. The fourth-order valence-electron chi connectivity index (χ4n) is 1.54. The summed E-state index contributed by atoms with van der Waals surface area (Å²) in [5.41, 5.74) is 2.59. The van der Waals surface area contributed by atoms with Crippen molar-refractivity contribution in [1.82, 2.24) is 0 Å². The van der Waals surface area contributed by atoms with Gasteiger partial charge >= 0.3 is 29.6 Å². The van der Waals surface area contributed by atoms with Gasteiger partial charge in [0.2, 0.25) is 0 Å². The maximum Gasteiger partial charge on any atom is 1.00 e. The molecule has 0 spiro atoms. The predicted octanol–water partition coefficient (Wildman–Crippen LogP) is -1.41. The van der Waals surface area contributed by atoms with Gasteiger partial charge in [-0.15, -0.1) is 0 Å². The second-order valence-corrected chi connectivity index (χ2v) is 3.55. The van der Waals surface area contributed by atoms with E-state index >= 15 is 0 Å². The summed E-state index contributed by atoms with van der Waals surface area (Å²) in [4.78, 5) is 10.6. The van der Waals surface area contributed by atoms with Crippen molar-refractivity contribution in [2.45, 2.75) is 0 Å². The van der Waals surface area contributed by atoms with Crippen LogP contribution < -0.4 is 34.7 Å². The number of carbonyl (C=O) groups excluding carboxylic acids is 1. The molecule has 0 aromatic heterocycles. The summed E-state index contributed by atoms with van der Waals surface area (Å²) in [7, 11) is 0. The van der Waals surface area contributed by atoms with Crippen molar-refractivity contribution >= 4 is 5.97 Å². The minimum absolute atomic E-state index is 0. The average Bonchev–Trinajstić information content (AvgIpc) is 2.39. The number of rotatable bonds is 2.